The summed E-state index contributed by atoms with van der Waals surface area (Å²) < 4.78 is 0. The van der Waals surface area contributed by atoms with Gasteiger partial charge in [0.1, 0.15) is 0 Å². The maximum absolute atomic E-state index is 3.59. The van der Waals surface area contributed by atoms with E-state index in [9.17, 15) is 0 Å². The van der Waals surface area contributed by atoms with E-state index < -0.39 is 0 Å². The van der Waals surface area contributed by atoms with Crippen LogP contribution in [0.4, 0.5) is 0 Å². The highest BCUT2D eigenvalue weighted by Gasteiger charge is 2.03. The van der Waals surface area contributed by atoms with E-state index >= 15 is 0 Å². The van der Waals surface area contributed by atoms with E-state index in [1.807, 2.05) is 13.8 Å². The first-order chi connectivity index (χ1) is 7.24. The molecule has 2 nitrogen and oxygen atoms in total. The standard InChI is InChI=1S/C11H26N2.C2H6/c1-5-8-11(6-2)12-9-10-13(4)7-3;1-2/h11-12H,5-10H2,1-4H3;1-2H3. The Labute approximate surface area is 97.4 Å². The summed E-state index contributed by atoms with van der Waals surface area (Å²) >= 11 is 0. The second-order valence-corrected chi connectivity index (χ2v) is 3.74. The fourth-order valence-corrected chi connectivity index (χ4v) is 1.42. The second kappa shape index (κ2) is 13.9. The highest BCUT2D eigenvalue weighted by molar-refractivity contribution is 4.64. The van der Waals surface area contributed by atoms with E-state index in [4.69, 9.17) is 0 Å². The first-order valence-corrected chi connectivity index (χ1v) is 6.66. The van der Waals surface area contributed by atoms with E-state index in [-0.39, 0.29) is 0 Å². The van der Waals surface area contributed by atoms with Gasteiger partial charge in [0.05, 0.1) is 0 Å². The Hall–Kier alpha value is -0.0800. The van der Waals surface area contributed by atoms with Crippen molar-refractivity contribution >= 4 is 0 Å². The Bertz CT molecular complexity index is 105. The van der Waals surface area contributed by atoms with Crippen LogP contribution < -0.4 is 5.32 Å². The molecule has 0 saturated heterocycles. The second-order valence-electron chi connectivity index (χ2n) is 3.74. The fourth-order valence-electron chi connectivity index (χ4n) is 1.42. The molecule has 0 bridgehead atoms. The number of likely N-dealkylation sites (N-methyl/N-ethyl adjacent to an activating group) is 1. The molecular formula is C13H32N2. The van der Waals surface area contributed by atoms with Crippen LogP contribution in [0.25, 0.3) is 0 Å². The van der Waals surface area contributed by atoms with Gasteiger partial charge in [0.25, 0.3) is 0 Å². The molecule has 1 atom stereocenters. The summed E-state index contributed by atoms with van der Waals surface area (Å²) in [5, 5.41) is 3.59. The van der Waals surface area contributed by atoms with E-state index in [1.165, 1.54) is 19.3 Å². The highest BCUT2D eigenvalue weighted by atomic mass is 15.1. The van der Waals surface area contributed by atoms with E-state index in [0.29, 0.717) is 0 Å². The highest BCUT2D eigenvalue weighted by Crippen LogP contribution is 1.99. The van der Waals surface area contributed by atoms with Crippen LogP contribution in [0.1, 0.15) is 53.9 Å². The molecule has 0 aromatic rings. The van der Waals surface area contributed by atoms with Crippen LogP contribution in [-0.4, -0.2) is 37.6 Å². The van der Waals surface area contributed by atoms with Gasteiger partial charge >= 0.3 is 0 Å². The van der Waals surface area contributed by atoms with Gasteiger partial charge in [-0.05, 0) is 26.4 Å². The van der Waals surface area contributed by atoms with Crippen molar-refractivity contribution in [2.75, 3.05) is 26.7 Å². The van der Waals surface area contributed by atoms with E-state index in [0.717, 1.165) is 25.7 Å². The van der Waals surface area contributed by atoms with Crippen LogP contribution in [0, 0.1) is 0 Å². The van der Waals surface area contributed by atoms with Crippen LogP contribution in [0.15, 0.2) is 0 Å². The lowest BCUT2D eigenvalue weighted by Gasteiger charge is -2.19. The minimum Gasteiger partial charge on any atom is -0.313 e. The zero-order valence-corrected chi connectivity index (χ0v) is 11.8. The molecule has 0 aromatic carbocycles. The molecule has 0 aliphatic heterocycles. The third-order valence-corrected chi connectivity index (χ3v) is 2.60. The van der Waals surface area contributed by atoms with Crippen molar-refractivity contribution in [3.8, 4) is 0 Å². The van der Waals surface area contributed by atoms with Gasteiger partial charge in [0.15, 0.2) is 0 Å². The van der Waals surface area contributed by atoms with Gasteiger partial charge in [-0.25, -0.2) is 0 Å². The van der Waals surface area contributed by atoms with Gasteiger partial charge in [-0.1, -0.05) is 41.0 Å². The zero-order valence-electron chi connectivity index (χ0n) is 11.8. The molecule has 0 saturated carbocycles. The van der Waals surface area contributed by atoms with Crippen molar-refractivity contribution in [3.05, 3.63) is 0 Å². The third-order valence-electron chi connectivity index (χ3n) is 2.60. The van der Waals surface area contributed by atoms with E-state index in [2.05, 4.69) is 38.0 Å². The summed E-state index contributed by atoms with van der Waals surface area (Å²) in [5.41, 5.74) is 0. The van der Waals surface area contributed by atoms with Gasteiger partial charge in [0.2, 0.25) is 0 Å². The van der Waals surface area contributed by atoms with Crippen LogP contribution in [0.2, 0.25) is 0 Å². The van der Waals surface area contributed by atoms with Crippen molar-refractivity contribution in [1.29, 1.82) is 0 Å². The Morgan fingerprint density at radius 1 is 1.13 bits per heavy atom. The Morgan fingerprint density at radius 3 is 2.13 bits per heavy atom. The molecule has 1 N–H and O–H groups in total. The van der Waals surface area contributed by atoms with Crippen molar-refractivity contribution in [2.24, 2.45) is 0 Å². The maximum Gasteiger partial charge on any atom is 0.0104 e. The number of rotatable bonds is 8. The van der Waals surface area contributed by atoms with Crippen molar-refractivity contribution < 1.29 is 0 Å². The average molecular weight is 216 g/mol. The number of nitrogens with one attached hydrogen (secondary N) is 1. The molecular weight excluding hydrogens is 184 g/mol. The first kappa shape index (κ1) is 17.3. The number of hydrogen-bond donors (Lipinski definition) is 1. The lowest BCUT2D eigenvalue weighted by atomic mass is 10.1. The summed E-state index contributed by atoms with van der Waals surface area (Å²) in [7, 11) is 2.17. The molecule has 0 aliphatic rings. The van der Waals surface area contributed by atoms with Crippen LogP contribution in [0.5, 0.6) is 0 Å². The minimum atomic E-state index is 0.732. The monoisotopic (exact) mass is 216 g/mol. The summed E-state index contributed by atoms with van der Waals surface area (Å²) in [5.74, 6) is 0. The molecule has 0 amide bonds. The molecule has 1 unspecified atom stereocenters. The average Bonchev–Trinajstić information content (AvgIpc) is 2.30. The minimum absolute atomic E-state index is 0.732. The molecule has 0 radical (unpaired) electrons. The Balaban J connectivity index is 0. The predicted molar refractivity (Wildman–Crippen MR) is 71.5 cm³/mol. The Morgan fingerprint density at radius 2 is 1.73 bits per heavy atom. The van der Waals surface area contributed by atoms with Gasteiger partial charge in [-0.3, -0.25) is 0 Å². The molecule has 2 heteroatoms. The lowest BCUT2D eigenvalue weighted by Crippen LogP contribution is -2.35. The maximum atomic E-state index is 3.59. The van der Waals surface area contributed by atoms with Gasteiger partial charge in [0, 0.05) is 19.1 Å². The number of nitrogens with zero attached hydrogens (tertiary/aromatic N) is 1. The van der Waals surface area contributed by atoms with Gasteiger partial charge in [-0.2, -0.15) is 0 Å². The Kier molecular flexibility index (Phi) is 16.1. The fraction of sp³-hybridized carbons (Fsp3) is 1.00. The molecule has 0 aromatic heterocycles. The summed E-state index contributed by atoms with van der Waals surface area (Å²) in [6.45, 7) is 14.1. The molecule has 0 fully saturated rings. The molecule has 0 rings (SSSR count). The number of hydrogen-bond acceptors (Lipinski definition) is 2. The smallest absolute Gasteiger partial charge is 0.0104 e. The summed E-state index contributed by atoms with van der Waals surface area (Å²) in [6, 6.07) is 0.732. The van der Waals surface area contributed by atoms with Crippen LogP contribution >= 0.6 is 0 Å². The van der Waals surface area contributed by atoms with Gasteiger partial charge < -0.3 is 10.2 Å². The largest absolute Gasteiger partial charge is 0.313 e. The van der Waals surface area contributed by atoms with E-state index in [1.54, 1.807) is 0 Å². The molecule has 0 spiro atoms. The third kappa shape index (κ3) is 11.8. The van der Waals surface area contributed by atoms with Gasteiger partial charge in [-0.15, -0.1) is 0 Å². The first-order valence-electron chi connectivity index (χ1n) is 6.66. The lowest BCUT2D eigenvalue weighted by molar-refractivity contribution is 0.333. The molecule has 0 heterocycles. The topological polar surface area (TPSA) is 15.3 Å². The predicted octanol–water partition coefficient (Wildman–Crippen LogP) is 3.13. The quantitative estimate of drug-likeness (QED) is 0.670. The molecule has 0 aliphatic carbocycles. The van der Waals surface area contributed by atoms with Crippen molar-refractivity contribution in [3.63, 3.8) is 0 Å². The normalized spacial score (nSPS) is 12.2. The summed E-state index contributed by atoms with van der Waals surface area (Å²) in [4.78, 5) is 2.34. The molecule has 15 heavy (non-hydrogen) atoms. The molecule has 94 valence electrons. The SMILES string of the molecule is CC.CCCC(CC)NCCN(C)CC. The van der Waals surface area contributed by atoms with Crippen LogP contribution in [0.3, 0.4) is 0 Å². The van der Waals surface area contributed by atoms with Crippen molar-refractivity contribution in [2.45, 2.75) is 59.9 Å². The summed E-state index contributed by atoms with van der Waals surface area (Å²) in [6.07, 6.45) is 3.85. The van der Waals surface area contributed by atoms with Crippen LogP contribution in [-0.2, 0) is 0 Å². The zero-order chi connectivity index (χ0) is 12.1. The van der Waals surface area contributed by atoms with Crippen molar-refractivity contribution in [1.82, 2.24) is 10.2 Å².